The molecule has 7 heteroatoms. The molecule has 0 bridgehead atoms. The van der Waals surface area contributed by atoms with Gasteiger partial charge in [0.25, 0.3) is 0 Å². The summed E-state index contributed by atoms with van der Waals surface area (Å²) < 4.78 is 8.25. The van der Waals surface area contributed by atoms with Crippen molar-refractivity contribution in [1.82, 2.24) is 19.7 Å². The van der Waals surface area contributed by atoms with Crippen LogP contribution in [0.1, 0.15) is 32.9 Å². The van der Waals surface area contributed by atoms with Crippen LogP contribution in [-0.2, 0) is 11.8 Å². The second-order valence-electron chi connectivity index (χ2n) is 6.91. The molecule has 0 atom stereocenters. The Hall–Kier alpha value is -1.64. The maximum Gasteiger partial charge on any atom is 0.410 e. The molecule has 3 rings (SSSR count). The average Bonchev–Trinajstić information content (AvgIpc) is 2.80. The van der Waals surface area contributed by atoms with Gasteiger partial charge in [-0.05, 0) is 61.4 Å². The predicted octanol–water partition coefficient (Wildman–Crippen LogP) is 3.60. The van der Waals surface area contributed by atoms with E-state index in [0.717, 1.165) is 32.3 Å². The first kappa shape index (κ1) is 17.2. The highest BCUT2D eigenvalue weighted by Crippen LogP contribution is 2.26. The molecule has 24 heavy (non-hydrogen) atoms. The third kappa shape index (κ3) is 3.55. The van der Waals surface area contributed by atoms with E-state index in [1.54, 1.807) is 4.90 Å². The molecule has 0 saturated heterocycles. The van der Waals surface area contributed by atoms with Gasteiger partial charge in [0.1, 0.15) is 9.30 Å². The van der Waals surface area contributed by atoms with Gasteiger partial charge in [0.15, 0.2) is 0 Å². The fourth-order valence-electron chi connectivity index (χ4n) is 2.68. The van der Waals surface area contributed by atoms with Crippen LogP contribution in [0.2, 0.25) is 0 Å². The largest absolute Gasteiger partial charge is 0.444 e. The van der Waals surface area contributed by atoms with Crippen molar-refractivity contribution in [3.8, 4) is 0 Å². The predicted molar refractivity (Wildman–Crippen MR) is 102 cm³/mol. The Kier molecular flexibility index (Phi) is 4.54. The normalized spacial score (nSPS) is 15.5. The Bertz CT molecular complexity index is 820. The maximum absolute atomic E-state index is 12.1. The number of fused-ring (bicyclic) bond motifs is 1. The molecule has 2 aromatic heterocycles. The zero-order valence-electron chi connectivity index (χ0n) is 14.3. The summed E-state index contributed by atoms with van der Waals surface area (Å²) in [4.78, 5) is 18.4. The van der Waals surface area contributed by atoms with Crippen molar-refractivity contribution in [1.29, 1.82) is 0 Å². The highest BCUT2D eigenvalue weighted by Gasteiger charge is 2.24. The first-order valence-corrected chi connectivity index (χ1v) is 8.98. The van der Waals surface area contributed by atoms with E-state index in [1.165, 1.54) is 0 Å². The standard InChI is InChI=1S/C17H21IN4O2/c1-17(2,3)24-16(23)22-7-5-11(6-8-22)13-9-14-12(10-19-13)15(18)20-21(14)4/h5,9-10H,6-8H2,1-4H3. The van der Waals surface area contributed by atoms with Gasteiger partial charge in [-0.1, -0.05) is 6.08 Å². The van der Waals surface area contributed by atoms with Crippen LogP contribution in [-0.4, -0.2) is 44.4 Å². The van der Waals surface area contributed by atoms with Crippen molar-refractivity contribution in [3.05, 3.63) is 27.7 Å². The van der Waals surface area contributed by atoms with E-state index in [4.69, 9.17) is 4.74 Å². The van der Waals surface area contributed by atoms with Crippen molar-refractivity contribution in [2.24, 2.45) is 7.05 Å². The van der Waals surface area contributed by atoms with Crippen molar-refractivity contribution < 1.29 is 9.53 Å². The van der Waals surface area contributed by atoms with Crippen LogP contribution in [0, 0.1) is 3.70 Å². The van der Waals surface area contributed by atoms with Crippen LogP contribution in [0.5, 0.6) is 0 Å². The molecule has 0 unspecified atom stereocenters. The second-order valence-corrected chi connectivity index (χ2v) is 7.93. The Morgan fingerprint density at radius 2 is 2.12 bits per heavy atom. The number of aryl methyl sites for hydroxylation is 1. The monoisotopic (exact) mass is 440 g/mol. The molecule has 2 aromatic rings. The fraction of sp³-hybridized carbons (Fsp3) is 0.471. The molecule has 3 heterocycles. The number of pyridine rings is 1. The van der Waals surface area contributed by atoms with E-state index < -0.39 is 5.60 Å². The summed E-state index contributed by atoms with van der Waals surface area (Å²) in [5.74, 6) is 0. The average molecular weight is 440 g/mol. The van der Waals surface area contributed by atoms with Gasteiger partial charge in [-0.15, -0.1) is 0 Å². The number of nitrogens with zero attached hydrogens (tertiary/aromatic N) is 4. The molecule has 0 spiro atoms. The zero-order chi connectivity index (χ0) is 17.5. The molecule has 0 radical (unpaired) electrons. The third-order valence-electron chi connectivity index (χ3n) is 3.88. The summed E-state index contributed by atoms with van der Waals surface area (Å²) in [5, 5.41) is 5.48. The van der Waals surface area contributed by atoms with Gasteiger partial charge in [-0.2, -0.15) is 5.10 Å². The lowest BCUT2D eigenvalue weighted by Gasteiger charge is -2.29. The van der Waals surface area contributed by atoms with Crippen LogP contribution in [0.4, 0.5) is 4.79 Å². The van der Waals surface area contributed by atoms with E-state index >= 15 is 0 Å². The topological polar surface area (TPSA) is 60.2 Å². The van der Waals surface area contributed by atoms with Gasteiger partial charge < -0.3 is 9.64 Å². The third-order valence-corrected chi connectivity index (χ3v) is 4.68. The maximum atomic E-state index is 12.1. The van der Waals surface area contributed by atoms with Crippen molar-refractivity contribution >= 4 is 45.2 Å². The Balaban J connectivity index is 1.78. The molecular formula is C17H21IN4O2. The van der Waals surface area contributed by atoms with Crippen molar-refractivity contribution in [3.63, 3.8) is 0 Å². The smallest absolute Gasteiger partial charge is 0.410 e. The lowest BCUT2D eigenvalue weighted by Crippen LogP contribution is -2.39. The second kappa shape index (κ2) is 6.34. The molecular weight excluding hydrogens is 419 g/mol. The summed E-state index contributed by atoms with van der Waals surface area (Å²) in [6.07, 6.45) is 4.44. The van der Waals surface area contributed by atoms with Crippen LogP contribution in [0.3, 0.4) is 0 Å². The molecule has 0 aromatic carbocycles. The van der Waals surface area contributed by atoms with E-state index in [0.29, 0.717) is 13.1 Å². The number of amides is 1. The van der Waals surface area contributed by atoms with Crippen molar-refractivity contribution in [2.45, 2.75) is 32.8 Å². The Morgan fingerprint density at radius 3 is 2.75 bits per heavy atom. The number of ether oxygens (including phenoxy) is 1. The van der Waals surface area contributed by atoms with Crippen LogP contribution in [0.15, 0.2) is 18.3 Å². The molecule has 0 N–H and O–H groups in total. The number of rotatable bonds is 1. The highest BCUT2D eigenvalue weighted by atomic mass is 127. The van der Waals surface area contributed by atoms with Crippen molar-refractivity contribution in [2.75, 3.05) is 13.1 Å². The van der Waals surface area contributed by atoms with Crippen LogP contribution < -0.4 is 0 Å². The minimum absolute atomic E-state index is 0.262. The molecule has 0 aliphatic carbocycles. The number of aromatic nitrogens is 3. The van der Waals surface area contributed by atoms with Crippen LogP contribution in [0.25, 0.3) is 16.5 Å². The summed E-state index contributed by atoms with van der Waals surface area (Å²) in [5.41, 5.74) is 2.71. The SMILES string of the molecule is Cn1nc(I)c2cnc(C3=CCN(C(=O)OC(C)(C)C)CC3)cc21. The quantitative estimate of drug-likeness (QED) is 0.636. The zero-order valence-corrected chi connectivity index (χ0v) is 16.5. The number of hydrogen-bond donors (Lipinski definition) is 0. The molecule has 1 aliphatic heterocycles. The van der Waals surface area contributed by atoms with Gasteiger partial charge in [0.2, 0.25) is 0 Å². The van der Waals surface area contributed by atoms with E-state index in [-0.39, 0.29) is 6.09 Å². The molecule has 1 aliphatic rings. The summed E-state index contributed by atoms with van der Waals surface area (Å²) >= 11 is 2.22. The summed E-state index contributed by atoms with van der Waals surface area (Å²) in [6.45, 7) is 6.83. The number of halogens is 1. The molecule has 1 amide bonds. The Labute approximate surface area is 155 Å². The lowest BCUT2D eigenvalue weighted by atomic mass is 10.0. The summed E-state index contributed by atoms with van der Waals surface area (Å²) in [6, 6.07) is 2.07. The van der Waals surface area contributed by atoms with Gasteiger partial charge in [0.05, 0.1) is 16.6 Å². The molecule has 0 fully saturated rings. The van der Waals surface area contributed by atoms with Gasteiger partial charge >= 0.3 is 6.09 Å². The van der Waals surface area contributed by atoms with E-state index in [1.807, 2.05) is 38.7 Å². The van der Waals surface area contributed by atoms with E-state index in [9.17, 15) is 4.79 Å². The fourth-order valence-corrected chi connectivity index (χ4v) is 3.42. The van der Waals surface area contributed by atoms with Crippen LogP contribution >= 0.6 is 22.6 Å². The van der Waals surface area contributed by atoms with Gasteiger partial charge in [0, 0.05) is 26.3 Å². The minimum atomic E-state index is -0.468. The lowest BCUT2D eigenvalue weighted by molar-refractivity contribution is 0.0270. The Morgan fingerprint density at radius 1 is 1.38 bits per heavy atom. The highest BCUT2D eigenvalue weighted by molar-refractivity contribution is 14.1. The van der Waals surface area contributed by atoms with Gasteiger partial charge in [-0.3, -0.25) is 9.67 Å². The first-order valence-electron chi connectivity index (χ1n) is 7.90. The van der Waals surface area contributed by atoms with Gasteiger partial charge in [-0.25, -0.2) is 4.79 Å². The minimum Gasteiger partial charge on any atom is -0.444 e. The number of carbonyl (C=O) groups excluding carboxylic acids is 1. The van der Waals surface area contributed by atoms with E-state index in [2.05, 4.69) is 44.8 Å². The number of hydrogen-bond acceptors (Lipinski definition) is 4. The number of carbonyl (C=O) groups is 1. The molecule has 128 valence electrons. The molecule has 0 saturated carbocycles. The summed E-state index contributed by atoms with van der Waals surface area (Å²) in [7, 11) is 1.94. The molecule has 6 nitrogen and oxygen atoms in total. The first-order chi connectivity index (χ1) is 11.2.